The van der Waals surface area contributed by atoms with Gasteiger partial charge < -0.3 is 10.1 Å². The molecule has 0 spiro atoms. The summed E-state index contributed by atoms with van der Waals surface area (Å²) in [4.78, 5) is 11.8. The lowest BCUT2D eigenvalue weighted by Crippen LogP contribution is -2.08. The predicted molar refractivity (Wildman–Crippen MR) is 72.0 cm³/mol. The van der Waals surface area contributed by atoms with Crippen molar-refractivity contribution in [3.05, 3.63) is 59.9 Å². The minimum Gasteiger partial charge on any atom is -0.447 e. The van der Waals surface area contributed by atoms with Crippen LogP contribution in [-0.4, -0.2) is 12.6 Å². The molecule has 4 nitrogen and oxygen atoms in total. The molecule has 0 unspecified atom stereocenters. The molecule has 0 aliphatic rings. The van der Waals surface area contributed by atoms with Gasteiger partial charge in [-0.1, -0.05) is 12.1 Å². The first kappa shape index (κ1) is 13.6. The predicted octanol–water partition coefficient (Wildman–Crippen LogP) is 3.25. The fourth-order valence-corrected chi connectivity index (χ4v) is 1.63. The third-order valence-corrected chi connectivity index (χ3v) is 2.54. The van der Waals surface area contributed by atoms with Gasteiger partial charge in [-0.2, -0.15) is 5.26 Å². The monoisotopic (exact) mass is 270 g/mol. The van der Waals surface area contributed by atoms with E-state index < -0.39 is 5.97 Å². The number of nitrogens with one attached hydrogen (secondary N) is 1. The van der Waals surface area contributed by atoms with Crippen LogP contribution in [-0.2, 0) is 4.74 Å². The van der Waals surface area contributed by atoms with Gasteiger partial charge in [-0.15, -0.1) is 0 Å². The number of para-hydroxylation sites is 1. The zero-order valence-corrected chi connectivity index (χ0v) is 10.5. The van der Waals surface area contributed by atoms with Crippen LogP contribution in [0.3, 0.4) is 0 Å². The van der Waals surface area contributed by atoms with E-state index in [0.717, 1.165) is 0 Å². The smallest absolute Gasteiger partial charge is 0.341 e. The Hall–Kier alpha value is -2.87. The van der Waals surface area contributed by atoms with Crippen LogP contribution >= 0.6 is 0 Å². The maximum Gasteiger partial charge on any atom is 0.341 e. The molecule has 0 saturated heterocycles. The molecule has 0 heterocycles. The van der Waals surface area contributed by atoms with E-state index in [1.54, 1.807) is 42.5 Å². The van der Waals surface area contributed by atoms with Crippen LogP contribution in [0.5, 0.6) is 0 Å². The molecule has 20 heavy (non-hydrogen) atoms. The van der Waals surface area contributed by atoms with Crippen molar-refractivity contribution in [2.75, 3.05) is 11.9 Å². The fourth-order valence-electron chi connectivity index (χ4n) is 1.63. The lowest BCUT2D eigenvalue weighted by atomic mass is 10.1. The van der Waals surface area contributed by atoms with E-state index in [-0.39, 0.29) is 12.4 Å². The molecule has 2 aromatic carbocycles. The van der Waals surface area contributed by atoms with E-state index in [0.29, 0.717) is 16.9 Å². The Kier molecular flexibility index (Phi) is 4.30. The molecule has 2 rings (SSSR count). The number of carbonyl (C=O) groups excluding carboxylic acids is 1. The second-order valence-electron chi connectivity index (χ2n) is 3.91. The van der Waals surface area contributed by atoms with Crippen LogP contribution < -0.4 is 5.32 Å². The van der Waals surface area contributed by atoms with Crippen LogP contribution in [0, 0.1) is 17.1 Å². The molecule has 100 valence electrons. The summed E-state index contributed by atoms with van der Waals surface area (Å²) in [5, 5.41) is 11.4. The molecule has 0 aromatic heterocycles. The Morgan fingerprint density at radius 2 is 1.90 bits per heavy atom. The summed E-state index contributed by atoms with van der Waals surface area (Å²) < 4.78 is 17.6. The second-order valence-corrected chi connectivity index (χ2v) is 3.91. The fraction of sp³-hybridized carbons (Fsp3) is 0.0667. The molecule has 0 aliphatic carbocycles. The Balaban J connectivity index is 2.21. The van der Waals surface area contributed by atoms with Crippen molar-refractivity contribution >= 4 is 17.3 Å². The molecule has 0 saturated carbocycles. The van der Waals surface area contributed by atoms with Crippen molar-refractivity contribution in [3.63, 3.8) is 0 Å². The Bertz CT molecular complexity index is 648. The number of nitriles is 1. The molecule has 0 bridgehead atoms. The summed E-state index contributed by atoms with van der Waals surface area (Å²) >= 11 is 0. The Morgan fingerprint density at radius 1 is 1.20 bits per heavy atom. The molecule has 0 aliphatic heterocycles. The first-order valence-corrected chi connectivity index (χ1v) is 5.86. The highest BCUT2D eigenvalue weighted by Gasteiger charge is 2.12. The van der Waals surface area contributed by atoms with Gasteiger partial charge in [-0.3, -0.25) is 0 Å². The number of halogens is 1. The zero-order chi connectivity index (χ0) is 14.4. The van der Waals surface area contributed by atoms with Gasteiger partial charge in [-0.25, -0.2) is 9.18 Å². The van der Waals surface area contributed by atoms with Gasteiger partial charge >= 0.3 is 5.97 Å². The zero-order valence-electron chi connectivity index (χ0n) is 10.5. The van der Waals surface area contributed by atoms with Crippen molar-refractivity contribution in [1.82, 2.24) is 0 Å². The third kappa shape index (κ3) is 3.33. The molecule has 2 aromatic rings. The van der Waals surface area contributed by atoms with Gasteiger partial charge in [0.05, 0.1) is 11.3 Å². The summed E-state index contributed by atoms with van der Waals surface area (Å²) in [7, 11) is 0. The van der Waals surface area contributed by atoms with Crippen molar-refractivity contribution in [2.24, 2.45) is 0 Å². The lowest BCUT2D eigenvalue weighted by molar-refractivity contribution is 0.0556. The first-order valence-electron chi connectivity index (χ1n) is 5.86. The van der Waals surface area contributed by atoms with E-state index in [1.165, 1.54) is 12.1 Å². The Morgan fingerprint density at radius 3 is 2.60 bits per heavy atom. The maximum atomic E-state index is 12.8. The number of nitrogens with zero attached hydrogens (tertiary/aromatic N) is 1. The molecular formula is C15H11FN2O2. The molecule has 0 atom stereocenters. The lowest BCUT2D eigenvalue weighted by Gasteiger charge is -2.10. The normalized spacial score (nSPS) is 9.60. The minimum absolute atomic E-state index is 0.302. The molecule has 1 N–H and O–H groups in total. The highest BCUT2D eigenvalue weighted by atomic mass is 19.1. The van der Waals surface area contributed by atoms with Gasteiger partial charge in [0, 0.05) is 5.69 Å². The highest BCUT2D eigenvalue weighted by Crippen LogP contribution is 2.21. The van der Waals surface area contributed by atoms with Crippen LogP contribution in [0.2, 0.25) is 0 Å². The Labute approximate surface area is 115 Å². The number of carbonyl (C=O) groups is 1. The number of hydrogen-bond acceptors (Lipinski definition) is 4. The van der Waals surface area contributed by atoms with E-state index in [2.05, 4.69) is 5.32 Å². The average Bonchev–Trinajstić information content (AvgIpc) is 2.48. The summed E-state index contributed by atoms with van der Waals surface area (Å²) in [5.41, 5.74) is 1.49. The molecule has 0 amide bonds. The van der Waals surface area contributed by atoms with Gasteiger partial charge in [0.25, 0.3) is 0 Å². The van der Waals surface area contributed by atoms with Gasteiger partial charge in [0.2, 0.25) is 0 Å². The topological polar surface area (TPSA) is 62.1 Å². The number of hydrogen-bond donors (Lipinski definition) is 1. The molecule has 0 radical (unpaired) electrons. The molecule has 5 heteroatoms. The summed E-state index contributed by atoms with van der Waals surface area (Å²) in [6.07, 6.45) is 0. The SMILES string of the molecule is N#CCOC(=O)c1ccccc1Nc1ccc(F)cc1. The number of ether oxygens (including phenoxy) is 1. The van der Waals surface area contributed by atoms with Crippen molar-refractivity contribution in [1.29, 1.82) is 5.26 Å². The largest absolute Gasteiger partial charge is 0.447 e. The summed E-state index contributed by atoms with van der Waals surface area (Å²) in [6, 6.07) is 14.2. The van der Waals surface area contributed by atoms with Crippen LogP contribution in [0.4, 0.5) is 15.8 Å². The second kappa shape index (κ2) is 6.34. The number of benzene rings is 2. The quantitative estimate of drug-likeness (QED) is 0.866. The van der Waals surface area contributed by atoms with Crippen molar-refractivity contribution < 1.29 is 13.9 Å². The van der Waals surface area contributed by atoms with Crippen molar-refractivity contribution in [3.8, 4) is 6.07 Å². The van der Waals surface area contributed by atoms with Crippen LogP contribution in [0.15, 0.2) is 48.5 Å². The van der Waals surface area contributed by atoms with Gasteiger partial charge in [-0.05, 0) is 36.4 Å². The van der Waals surface area contributed by atoms with E-state index in [9.17, 15) is 9.18 Å². The van der Waals surface area contributed by atoms with E-state index in [1.807, 2.05) is 0 Å². The number of anilines is 2. The number of esters is 1. The molecule has 0 fully saturated rings. The van der Waals surface area contributed by atoms with Gasteiger partial charge in [0.15, 0.2) is 6.61 Å². The third-order valence-electron chi connectivity index (χ3n) is 2.54. The standard InChI is InChI=1S/C15H11FN2O2/c16-11-5-7-12(8-6-11)18-14-4-2-1-3-13(14)15(19)20-10-9-17/h1-8,18H,10H2. The minimum atomic E-state index is -0.586. The average molecular weight is 270 g/mol. The highest BCUT2D eigenvalue weighted by molar-refractivity contribution is 5.96. The van der Waals surface area contributed by atoms with Crippen LogP contribution in [0.1, 0.15) is 10.4 Å². The molecular weight excluding hydrogens is 259 g/mol. The van der Waals surface area contributed by atoms with Gasteiger partial charge in [0.1, 0.15) is 11.9 Å². The first-order chi connectivity index (χ1) is 9.70. The van der Waals surface area contributed by atoms with Crippen LogP contribution in [0.25, 0.3) is 0 Å². The summed E-state index contributed by atoms with van der Waals surface area (Å²) in [6.45, 7) is -0.302. The van der Waals surface area contributed by atoms with E-state index in [4.69, 9.17) is 10.00 Å². The van der Waals surface area contributed by atoms with E-state index >= 15 is 0 Å². The van der Waals surface area contributed by atoms with Crippen molar-refractivity contribution in [2.45, 2.75) is 0 Å². The number of rotatable bonds is 4. The summed E-state index contributed by atoms with van der Waals surface area (Å²) in [5.74, 6) is -0.922. The maximum absolute atomic E-state index is 12.8.